The van der Waals surface area contributed by atoms with E-state index in [1.807, 2.05) is 100 Å². The monoisotopic (exact) mass is 831 g/mol. The number of fused-ring (bicyclic) bond motifs is 2. The molecule has 0 bridgehead atoms. The molecule has 0 unspecified atom stereocenters. The molecule has 9 nitrogen and oxygen atoms in total. The maximum Gasteiger partial charge on any atom is 0.416 e. The molecule has 10 rings (SSSR count). The zero-order valence-corrected chi connectivity index (χ0v) is 31.9. The van der Waals surface area contributed by atoms with E-state index in [4.69, 9.17) is 19.9 Å². The number of hydrogen-bond acceptors (Lipinski definition) is 7. The van der Waals surface area contributed by atoms with Crippen molar-refractivity contribution in [2.45, 2.75) is 12.4 Å². The third-order valence-corrected chi connectivity index (χ3v) is 10.2. The highest BCUT2D eigenvalue weighted by Crippen LogP contribution is 2.37. The van der Waals surface area contributed by atoms with Crippen molar-refractivity contribution in [1.82, 2.24) is 44.0 Å². The SMILES string of the molecule is FC(F)(F)c1ccc(-c2nc(-c3ccc(C(F)(F)F)cc3)nc(-c3cc(-n4c(-c5cccnc5)nc5ccccc54)cc(-n4c(-c5cccnc5)nc5ccccc54)c3)n2)cc1. The molecule has 5 aromatic carbocycles. The molecule has 0 radical (unpaired) electrons. The van der Waals surface area contributed by atoms with E-state index in [0.717, 1.165) is 46.4 Å². The Bertz CT molecular complexity index is 3040. The topological polar surface area (TPSA) is 100 Å². The molecular weight excluding hydrogens is 805 g/mol. The maximum atomic E-state index is 13.6. The minimum Gasteiger partial charge on any atom is -0.292 e. The van der Waals surface area contributed by atoms with Crippen LogP contribution in [0.2, 0.25) is 0 Å². The van der Waals surface area contributed by atoms with E-state index in [2.05, 4.69) is 15.0 Å². The Kier molecular flexibility index (Phi) is 9.16. The summed E-state index contributed by atoms with van der Waals surface area (Å²) >= 11 is 0. The molecule has 0 atom stereocenters. The number of nitrogens with zero attached hydrogens (tertiary/aromatic N) is 9. The van der Waals surface area contributed by atoms with Gasteiger partial charge >= 0.3 is 12.4 Å². The summed E-state index contributed by atoms with van der Waals surface area (Å²) in [5.74, 6) is 1.25. The van der Waals surface area contributed by atoms with Gasteiger partial charge in [0.05, 0.1) is 44.6 Å². The lowest BCUT2D eigenvalue weighted by atomic mass is 10.1. The molecule has 0 fully saturated rings. The van der Waals surface area contributed by atoms with Crippen LogP contribution in [0.4, 0.5) is 26.3 Å². The van der Waals surface area contributed by atoms with Gasteiger partial charge in [-0.25, -0.2) is 24.9 Å². The van der Waals surface area contributed by atoms with E-state index in [9.17, 15) is 26.3 Å². The molecule has 0 N–H and O–H groups in total. The summed E-state index contributed by atoms with van der Waals surface area (Å²) in [5, 5.41) is 0. The molecule has 5 heterocycles. The number of benzene rings is 5. The Labute approximate surface area is 347 Å². The van der Waals surface area contributed by atoms with Crippen molar-refractivity contribution in [2.24, 2.45) is 0 Å². The first-order valence-corrected chi connectivity index (χ1v) is 19.0. The Morgan fingerprint density at radius 1 is 0.371 bits per heavy atom. The Balaban J connectivity index is 1.27. The van der Waals surface area contributed by atoms with Crippen LogP contribution in [0.5, 0.6) is 0 Å². The number of imidazole rings is 2. The number of aromatic nitrogens is 9. The van der Waals surface area contributed by atoms with E-state index >= 15 is 0 Å². The third kappa shape index (κ3) is 7.08. The van der Waals surface area contributed by atoms with Gasteiger partial charge in [0.2, 0.25) is 0 Å². The average molecular weight is 832 g/mol. The van der Waals surface area contributed by atoms with Crippen LogP contribution in [0, 0.1) is 0 Å². The first-order chi connectivity index (χ1) is 30.0. The molecule has 0 spiro atoms. The maximum absolute atomic E-state index is 13.6. The Morgan fingerprint density at radius 3 is 1.16 bits per heavy atom. The lowest BCUT2D eigenvalue weighted by Gasteiger charge is -2.17. The summed E-state index contributed by atoms with van der Waals surface area (Å²) in [7, 11) is 0. The lowest BCUT2D eigenvalue weighted by Crippen LogP contribution is -2.06. The van der Waals surface area contributed by atoms with Crippen LogP contribution in [-0.2, 0) is 12.4 Å². The second-order valence-electron chi connectivity index (χ2n) is 14.2. The van der Waals surface area contributed by atoms with E-state index in [1.165, 1.54) is 24.3 Å². The van der Waals surface area contributed by atoms with Crippen LogP contribution in [-0.4, -0.2) is 44.0 Å². The highest BCUT2D eigenvalue weighted by atomic mass is 19.4. The van der Waals surface area contributed by atoms with Crippen molar-refractivity contribution in [3.05, 3.63) is 175 Å². The van der Waals surface area contributed by atoms with Crippen LogP contribution in [0.3, 0.4) is 0 Å². The summed E-state index contributed by atoms with van der Waals surface area (Å²) in [6, 6.07) is 37.0. The van der Waals surface area contributed by atoms with Crippen LogP contribution in [0.25, 0.3) is 90.4 Å². The summed E-state index contributed by atoms with van der Waals surface area (Å²) in [5.41, 5.74) is 4.79. The number of para-hydroxylation sites is 4. The van der Waals surface area contributed by atoms with E-state index in [0.29, 0.717) is 39.6 Å². The number of pyridine rings is 2. The summed E-state index contributed by atoms with van der Waals surface area (Å²) < 4.78 is 85.8. The van der Waals surface area contributed by atoms with Gasteiger partial charge in [0.1, 0.15) is 11.6 Å². The van der Waals surface area contributed by atoms with Crippen molar-refractivity contribution in [2.75, 3.05) is 0 Å². The fourth-order valence-electron chi connectivity index (χ4n) is 7.31. The largest absolute Gasteiger partial charge is 0.416 e. The lowest BCUT2D eigenvalue weighted by molar-refractivity contribution is -0.138. The van der Waals surface area contributed by atoms with Gasteiger partial charge < -0.3 is 0 Å². The van der Waals surface area contributed by atoms with Crippen LogP contribution in [0.15, 0.2) is 164 Å². The Hall–Kier alpha value is -8.07. The van der Waals surface area contributed by atoms with Gasteiger partial charge in [-0.15, -0.1) is 0 Å². The second kappa shape index (κ2) is 14.9. The molecule has 302 valence electrons. The van der Waals surface area contributed by atoms with E-state index in [1.54, 1.807) is 24.8 Å². The molecule has 0 saturated carbocycles. The predicted molar refractivity (Wildman–Crippen MR) is 222 cm³/mol. The first kappa shape index (κ1) is 38.2. The first-order valence-electron chi connectivity index (χ1n) is 19.0. The number of halogens is 6. The highest BCUT2D eigenvalue weighted by Gasteiger charge is 2.31. The smallest absolute Gasteiger partial charge is 0.292 e. The molecule has 5 aromatic heterocycles. The Morgan fingerprint density at radius 2 is 0.774 bits per heavy atom. The normalized spacial score (nSPS) is 12.0. The summed E-state index contributed by atoms with van der Waals surface area (Å²) in [6.45, 7) is 0. The predicted octanol–water partition coefficient (Wildman–Crippen LogP) is 11.7. The fraction of sp³-hybridized carbons (Fsp3) is 0.0426. The van der Waals surface area contributed by atoms with Gasteiger partial charge in [0, 0.05) is 52.6 Å². The summed E-state index contributed by atoms with van der Waals surface area (Å²) in [6.07, 6.45) is -2.42. The summed E-state index contributed by atoms with van der Waals surface area (Å²) in [4.78, 5) is 33.0. The van der Waals surface area contributed by atoms with Crippen molar-refractivity contribution in [1.29, 1.82) is 0 Å². The molecule has 0 amide bonds. The van der Waals surface area contributed by atoms with Crippen molar-refractivity contribution in [3.8, 4) is 68.3 Å². The molecule has 15 heteroatoms. The van der Waals surface area contributed by atoms with Gasteiger partial charge in [-0.05, 0) is 91.0 Å². The molecule has 0 aliphatic carbocycles. The average Bonchev–Trinajstić information content (AvgIpc) is 3.89. The van der Waals surface area contributed by atoms with Crippen LogP contribution < -0.4 is 0 Å². The second-order valence-corrected chi connectivity index (χ2v) is 14.2. The van der Waals surface area contributed by atoms with E-state index < -0.39 is 23.5 Å². The minimum absolute atomic E-state index is 0.00108. The van der Waals surface area contributed by atoms with Gasteiger partial charge in [0.25, 0.3) is 0 Å². The number of rotatable bonds is 7. The van der Waals surface area contributed by atoms with Crippen LogP contribution in [0.1, 0.15) is 11.1 Å². The molecule has 62 heavy (non-hydrogen) atoms. The zero-order chi connectivity index (χ0) is 42.6. The molecule has 10 aromatic rings. The molecular formula is C47H27F6N9. The van der Waals surface area contributed by atoms with E-state index in [-0.39, 0.29) is 28.6 Å². The zero-order valence-electron chi connectivity index (χ0n) is 31.9. The van der Waals surface area contributed by atoms with Crippen molar-refractivity contribution in [3.63, 3.8) is 0 Å². The van der Waals surface area contributed by atoms with Gasteiger partial charge in [-0.2, -0.15) is 26.3 Å². The van der Waals surface area contributed by atoms with Crippen molar-refractivity contribution >= 4 is 22.1 Å². The highest BCUT2D eigenvalue weighted by molar-refractivity contribution is 5.86. The minimum atomic E-state index is -4.59. The molecule has 0 aliphatic heterocycles. The van der Waals surface area contributed by atoms with Gasteiger partial charge in [-0.1, -0.05) is 48.5 Å². The quantitative estimate of drug-likeness (QED) is 0.147. The molecule has 0 aliphatic rings. The van der Waals surface area contributed by atoms with Crippen LogP contribution >= 0.6 is 0 Å². The molecule has 0 saturated heterocycles. The number of alkyl halides is 6. The van der Waals surface area contributed by atoms with Gasteiger partial charge in [-0.3, -0.25) is 19.1 Å². The fourth-order valence-corrected chi connectivity index (χ4v) is 7.31. The standard InChI is InChI=1S/C47H27F6N9/c48-46(49,50)33-17-13-28(14-18-33)41-58-42(29-15-19-34(20-16-29)47(51,52)53)60-43(59-41)32-23-35(61-39-11-3-1-9-37(39)56-44(61)30-7-5-21-54-26-30)25-36(24-32)62-40-12-4-2-10-38(40)57-45(62)31-8-6-22-55-27-31/h1-27H. The number of hydrogen-bond donors (Lipinski definition) is 0. The van der Waals surface area contributed by atoms with Gasteiger partial charge in [0.15, 0.2) is 17.5 Å². The third-order valence-electron chi connectivity index (χ3n) is 10.2. The van der Waals surface area contributed by atoms with Crippen molar-refractivity contribution < 1.29 is 26.3 Å².